The predicted molar refractivity (Wildman–Crippen MR) is 106 cm³/mol. The van der Waals surface area contributed by atoms with Crippen molar-refractivity contribution in [3.05, 3.63) is 77.6 Å². The second kappa shape index (κ2) is 8.85. The monoisotopic (exact) mass is 405 g/mol. The van der Waals surface area contributed by atoms with Crippen molar-refractivity contribution in [3.63, 3.8) is 0 Å². The molecular formula is C20H21ClNO4P. The molecule has 0 fully saturated rings. The van der Waals surface area contributed by atoms with Gasteiger partial charge in [-0.1, -0.05) is 48.5 Å². The molecule has 0 aliphatic carbocycles. The molecule has 0 bridgehead atoms. The van der Waals surface area contributed by atoms with Crippen LogP contribution in [0.3, 0.4) is 0 Å². The van der Waals surface area contributed by atoms with Crippen LogP contribution in [0.2, 0.25) is 0 Å². The minimum Gasteiger partial charge on any atom is -0.604 e. The van der Waals surface area contributed by atoms with E-state index in [1.807, 2.05) is 36.4 Å². The van der Waals surface area contributed by atoms with Gasteiger partial charge in [0.05, 0.1) is 11.3 Å². The maximum atomic E-state index is 13.6. The number of allylic oxidation sites excluding steroid dienone is 1. The summed E-state index contributed by atoms with van der Waals surface area (Å²) in [7, 11) is -3.90. The fourth-order valence-electron chi connectivity index (χ4n) is 2.83. The van der Waals surface area contributed by atoms with Crippen LogP contribution < -0.4 is 9.56 Å². The molecule has 0 radical (unpaired) electrons. The van der Waals surface area contributed by atoms with E-state index in [0.29, 0.717) is 35.7 Å². The van der Waals surface area contributed by atoms with Gasteiger partial charge in [-0.15, -0.1) is 16.3 Å². The second-order valence-electron chi connectivity index (χ2n) is 6.10. The van der Waals surface area contributed by atoms with Gasteiger partial charge in [0.25, 0.3) is 5.91 Å². The Bertz CT molecular complexity index is 815. The summed E-state index contributed by atoms with van der Waals surface area (Å²) in [5.41, 5.74) is 1.77. The molecule has 2 aromatic rings. The molecule has 1 atom stereocenters. The number of hydrogen-bond donors (Lipinski definition) is 0. The lowest BCUT2D eigenvalue weighted by atomic mass is 10.1. The Morgan fingerprint density at radius 2 is 1.74 bits per heavy atom. The van der Waals surface area contributed by atoms with Crippen molar-refractivity contribution in [2.75, 3.05) is 10.6 Å². The standard InChI is InChI=1S/C20H21ClNO4P/c1-16-19(13-8-14-21)20(23)22(18-11-6-3-7-12-18)27(24,26-16)25-15-17-9-4-2-5-10-17/h2-7,9-12H,8,13-15H2,1H3. The number of rotatable bonds is 7. The van der Waals surface area contributed by atoms with Gasteiger partial charge in [0, 0.05) is 5.88 Å². The van der Waals surface area contributed by atoms with Crippen molar-refractivity contribution < 1.29 is 18.7 Å². The summed E-state index contributed by atoms with van der Waals surface area (Å²) in [6, 6.07) is 18.1. The van der Waals surface area contributed by atoms with Gasteiger partial charge in [0.1, 0.15) is 6.61 Å². The van der Waals surface area contributed by atoms with Crippen molar-refractivity contribution in [1.82, 2.24) is 0 Å². The molecular weight excluding hydrogens is 385 g/mol. The van der Waals surface area contributed by atoms with Crippen LogP contribution in [-0.4, -0.2) is 11.8 Å². The molecule has 5 nitrogen and oxygen atoms in total. The van der Waals surface area contributed by atoms with E-state index in [1.54, 1.807) is 31.2 Å². The zero-order chi connectivity index (χ0) is 19.3. The van der Waals surface area contributed by atoms with Crippen LogP contribution in [0.4, 0.5) is 5.69 Å². The van der Waals surface area contributed by atoms with Gasteiger partial charge in [0.2, 0.25) is 0 Å². The third kappa shape index (κ3) is 4.50. The largest absolute Gasteiger partial charge is 0.604 e. The van der Waals surface area contributed by atoms with Gasteiger partial charge in [-0.2, -0.15) is 4.52 Å². The molecule has 0 N–H and O–H groups in total. The molecule has 142 valence electrons. The number of amides is 1. The molecule has 1 unspecified atom stereocenters. The van der Waals surface area contributed by atoms with Gasteiger partial charge in [0.15, 0.2) is 5.76 Å². The molecule has 1 aliphatic rings. The number of benzene rings is 2. The molecule has 1 amide bonds. The highest BCUT2D eigenvalue weighted by molar-refractivity contribution is 7.62. The highest BCUT2D eigenvalue weighted by Crippen LogP contribution is 2.62. The second-order valence-corrected chi connectivity index (χ2v) is 8.25. The maximum absolute atomic E-state index is 13.6. The number of carbonyl (C=O) groups is 1. The highest BCUT2D eigenvalue weighted by Gasteiger charge is 2.51. The molecule has 2 aromatic carbocycles. The van der Waals surface area contributed by atoms with Gasteiger partial charge in [-0.05, 0) is 37.5 Å². The van der Waals surface area contributed by atoms with E-state index >= 15 is 0 Å². The number of nitrogens with zero attached hydrogens (tertiary/aromatic N) is 1. The molecule has 3 rings (SSSR count). The number of para-hydroxylation sites is 1. The molecule has 0 saturated heterocycles. The molecule has 0 aromatic heterocycles. The topological polar surface area (TPSA) is 61.8 Å². The summed E-state index contributed by atoms with van der Waals surface area (Å²) < 4.78 is 12.6. The summed E-state index contributed by atoms with van der Waals surface area (Å²) in [6.07, 6.45) is 1.08. The summed E-state index contributed by atoms with van der Waals surface area (Å²) in [4.78, 5) is 26.7. The summed E-state index contributed by atoms with van der Waals surface area (Å²) >= 11 is 5.78. The smallest absolute Gasteiger partial charge is 0.396 e. The van der Waals surface area contributed by atoms with Gasteiger partial charge in [-0.3, -0.25) is 4.79 Å². The van der Waals surface area contributed by atoms with E-state index in [4.69, 9.17) is 20.6 Å². The van der Waals surface area contributed by atoms with Gasteiger partial charge < -0.3 is 9.42 Å². The highest BCUT2D eigenvalue weighted by atomic mass is 35.5. The lowest BCUT2D eigenvalue weighted by Gasteiger charge is -2.39. The first-order chi connectivity index (χ1) is 13.0. The summed E-state index contributed by atoms with van der Waals surface area (Å²) in [5.74, 6) is 0.387. The lowest BCUT2D eigenvalue weighted by Crippen LogP contribution is -2.43. The molecule has 0 saturated carbocycles. The van der Waals surface area contributed by atoms with E-state index in [-0.39, 0.29) is 12.5 Å². The summed E-state index contributed by atoms with van der Waals surface area (Å²) in [6.45, 7) is 1.71. The SMILES string of the molecule is CC1=C(CCCCl)C(=O)N(c2ccccc2)[P+]([O-])(OCc2ccccc2)O1. The Hall–Kier alpha value is -1.91. The Labute approximate surface area is 164 Å². The van der Waals surface area contributed by atoms with E-state index < -0.39 is 8.09 Å². The van der Waals surface area contributed by atoms with Gasteiger partial charge in [-0.25, -0.2) is 0 Å². The van der Waals surface area contributed by atoms with Gasteiger partial charge >= 0.3 is 8.09 Å². The molecule has 0 spiro atoms. The molecule has 1 aliphatic heterocycles. The van der Waals surface area contributed by atoms with E-state index in [0.717, 1.165) is 10.2 Å². The van der Waals surface area contributed by atoms with Crippen LogP contribution in [0.1, 0.15) is 25.3 Å². The van der Waals surface area contributed by atoms with E-state index in [9.17, 15) is 9.69 Å². The molecule has 27 heavy (non-hydrogen) atoms. The Kier molecular flexibility index (Phi) is 6.51. The average Bonchev–Trinajstić information content (AvgIpc) is 2.68. The Balaban J connectivity index is 1.94. The van der Waals surface area contributed by atoms with E-state index in [2.05, 4.69) is 0 Å². The third-order valence-electron chi connectivity index (χ3n) is 4.17. The number of carbonyl (C=O) groups excluding carboxylic acids is 1. The van der Waals surface area contributed by atoms with Crippen LogP contribution in [-0.2, 0) is 20.4 Å². The minimum absolute atomic E-state index is 0.0685. The lowest BCUT2D eigenvalue weighted by molar-refractivity contribution is -0.218. The fourth-order valence-corrected chi connectivity index (χ4v) is 4.74. The first-order valence-corrected chi connectivity index (χ1v) is 10.7. The minimum atomic E-state index is -3.90. The number of anilines is 1. The third-order valence-corrected chi connectivity index (χ3v) is 6.30. The summed E-state index contributed by atoms with van der Waals surface area (Å²) in [5, 5.41) is 0. The fraction of sp³-hybridized carbons (Fsp3) is 0.250. The van der Waals surface area contributed by atoms with Crippen LogP contribution in [0.15, 0.2) is 72.0 Å². The zero-order valence-electron chi connectivity index (χ0n) is 15.0. The van der Waals surface area contributed by atoms with Crippen molar-refractivity contribution in [2.24, 2.45) is 0 Å². The van der Waals surface area contributed by atoms with E-state index in [1.165, 1.54) is 0 Å². The van der Waals surface area contributed by atoms with Crippen LogP contribution in [0.25, 0.3) is 0 Å². The predicted octanol–water partition coefficient (Wildman–Crippen LogP) is 4.60. The van der Waals surface area contributed by atoms with Crippen LogP contribution in [0.5, 0.6) is 0 Å². The van der Waals surface area contributed by atoms with Crippen molar-refractivity contribution >= 4 is 31.3 Å². The van der Waals surface area contributed by atoms with Crippen molar-refractivity contribution in [1.29, 1.82) is 0 Å². The Morgan fingerprint density at radius 1 is 1.11 bits per heavy atom. The molecule has 1 heterocycles. The molecule has 7 heteroatoms. The number of halogens is 1. The normalized spacial score (nSPS) is 20.0. The zero-order valence-corrected chi connectivity index (χ0v) is 16.7. The van der Waals surface area contributed by atoms with Crippen molar-refractivity contribution in [3.8, 4) is 0 Å². The van der Waals surface area contributed by atoms with Crippen LogP contribution in [0, 0.1) is 0 Å². The first kappa shape index (κ1) is 19.8. The van der Waals surface area contributed by atoms with Crippen LogP contribution >= 0.6 is 19.7 Å². The number of alkyl halides is 1. The average molecular weight is 406 g/mol. The first-order valence-electron chi connectivity index (χ1n) is 8.69. The number of hydrogen-bond acceptors (Lipinski definition) is 4. The quantitative estimate of drug-likeness (QED) is 0.499. The Morgan fingerprint density at radius 3 is 2.37 bits per heavy atom. The van der Waals surface area contributed by atoms with Crippen molar-refractivity contribution in [2.45, 2.75) is 26.4 Å². The maximum Gasteiger partial charge on any atom is 0.396 e.